The molecule has 0 bridgehead atoms. The van der Waals surface area contributed by atoms with Crippen LogP contribution in [-0.2, 0) is 11.2 Å². The second-order valence-electron chi connectivity index (χ2n) is 4.75. The van der Waals surface area contributed by atoms with Crippen LogP contribution in [0.2, 0.25) is 0 Å². The van der Waals surface area contributed by atoms with Crippen molar-refractivity contribution >= 4 is 5.91 Å². The highest BCUT2D eigenvalue weighted by Gasteiger charge is 2.12. The van der Waals surface area contributed by atoms with Gasteiger partial charge in [-0.05, 0) is 24.3 Å². The molecule has 112 valence electrons. The largest absolute Gasteiger partial charge is 0.492 e. The van der Waals surface area contributed by atoms with Crippen molar-refractivity contribution in [2.75, 3.05) is 27.2 Å². The maximum atomic E-state index is 11.6. The molecule has 0 spiro atoms. The summed E-state index contributed by atoms with van der Waals surface area (Å²) in [4.78, 5) is 17.4. The van der Waals surface area contributed by atoms with Crippen molar-refractivity contribution in [3.8, 4) is 17.0 Å². The van der Waals surface area contributed by atoms with Gasteiger partial charge in [0.1, 0.15) is 30.7 Å². The Morgan fingerprint density at radius 2 is 2.05 bits per heavy atom. The molecule has 6 heteroatoms. The van der Waals surface area contributed by atoms with Gasteiger partial charge in [0.25, 0.3) is 0 Å². The summed E-state index contributed by atoms with van der Waals surface area (Å²) in [7, 11) is 3.40. The summed E-state index contributed by atoms with van der Waals surface area (Å²) in [5.41, 5.74) is 6.98. The number of aromatic nitrogens is 1. The number of benzene rings is 1. The van der Waals surface area contributed by atoms with Crippen molar-refractivity contribution in [2.24, 2.45) is 5.73 Å². The van der Waals surface area contributed by atoms with Gasteiger partial charge in [0.15, 0.2) is 0 Å². The highest BCUT2D eigenvalue weighted by molar-refractivity contribution is 5.77. The fourth-order valence-corrected chi connectivity index (χ4v) is 1.71. The van der Waals surface area contributed by atoms with E-state index in [9.17, 15) is 4.79 Å². The van der Waals surface area contributed by atoms with E-state index >= 15 is 0 Å². The van der Waals surface area contributed by atoms with Gasteiger partial charge in [-0.25, -0.2) is 4.98 Å². The van der Waals surface area contributed by atoms with Crippen molar-refractivity contribution in [1.29, 1.82) is 0 Å². The number of hydrogen-bond acceptors (Lipinski definition) is 5. The summed E-state index contributed by atoms with van der Waals surface area (Å²) in [5.74, 6) is 1.12. The summed E-state index contributed by atoms with van der Waals surface area (Å²) < 4.78 is 10.7. The number of nitrogens with zero attached hydrogens (tertiary/aromatic N) is 2. The lowest BCUT2D eigenvalue weighted by Gasteiger charge is -2.07. The Hall–Kier alpha value is -2.34. The highest BCUT2D eigenvalue weighted by atomic mass is 16.5. The van der Waals surface area contributed by atoms with Crippen LogP contribution in [0.4, 0.5) is 0 Å². The van der Waals surface area contributed by atoms with Gasteiger partial charge in [-0.15, -0.1) is 0 Å². The van der Waals surface area contributed by atoms with Gasteiger partial charge in [-0.3, -0.25) is 4.79 Å². The quantitative estimate of drug-likeness (QED) is 0.867. The Kier molecular flexibility index (Phi) is 4.94. The molecule has 0 unspecified atom stereocenters. The number of hydrogen-bond donors (Lipinski definition) is 1. The van der Waals surface area contributed by atoms with E-state index in [1.165, 1.54) is 4.90 Å². The van der Waals surface area contributed by atoms with E-state index in [1.54, 1.807) is 20.4 Å². The number of amides is 1. The lowest BCUT2D eigenvalue weighted by molar-refractivity contribution is -0.128. The molecule has 21 heavy (non-hydrogen) atoms. The second-order valence-corrected chi connectivity index (χ2v) is 4.75. The zero-order chi connectivity index (χ0) is 15.2. The molecule has 0 aliphatic rings. The van der Waals surface area contributed by atoms with Crippen LogP contribution in [-0.4, -0.2) is 43.0 Å². The Bertz CT molecular complexity index is 590. The molecule has 0 aliphatic carbocycles. The standard InChI is InChI=1S/C15H19N3O3/c1-18(2)15(19)9-14-17-13(10-21-14)11-3-5-12(6-4-11)20-8-7-16/h3-6,10H,7-9,16H2,1-2H3. The number of rotatable bonds is 6. The van der Waals surface area contributed by atoms with Crippen LogP contribution in [0.5, 0.6) is 5.75 Å². The lowest BCUT2D eigenvalue weighted by atomic mass is 10.2. The van der Waals surface area contributed by atoms with Gasteiger partial charge in [0.2, 0.25) is 11.8 Å². The first-order valence-corrected chi connectivity index (χ1v) is 6.68. The predicted molar refractivity (Wildman–Crippen MR) is 78.9 cm³/mol. The molecule has 0 fully saturated rings. The fraction of sp³-hybridized carbons (Fsp3) is 0.333. The maximum absolute atomic E-state index is 11.6. The normalized spacial score (nSPS) is 10.4. The Morgan fingerprint density at radius 3 is 2.67 bits per heavy atom. The molecule has 6 nitrogen and oxygen atoms in total. The molecule has 1 aromatic heterocycles. The first-order chi connectivity index (χ1) is 10.1. The van der Waals surface area contributed by atoms with Gasteiger partial charge < -0.3 is 19.8 Å². The SMILES string of the molecule is CN(C)C(=O)Cc1nc(-c2ccc(OCCN)cc2)co1. The zero-order valence-electron chi connectivity index (χ0n) is 12.2. The number of nitrogens with two attached hydrogens (primary N) is 1. The summed E-state index contributed by atoms with van der Waals surface area (Å²) in [5, 5.41) is 0. The Morgan fingerprint density at radius 1 is 1.33 bits per heavy atom. The third kappa shape index (κ3) is 4.06. The molecule has 2 N–H and O–H groups in total. The smallest absolute Gasteiger partial charge is 0.231 e. The molecule has 1 aromatic carbocycles. The number of oxazole rings is 1. The third-order valence-corrected chi connectivity index (χ3v) is 2.89. The van der Waals surface area contributed by atoms with Crippen molar-refractivity contribution in [3.63, 3.8) is 0 Å². The molecular formula is C15H19N3O3. The first-order valence-electron chi connectivity index (χ1n) is 6.68. The van der Waals surface area contributed by atoms with E-state index < -0.39 is 0 Å². The van der Waals surface area contributed by atoms with Crippen LogP contribution in [0.1, 0.15) is 5.89 Å². The molecule has 0 atom stereocenters. The summed E-state index contributed by atoms with van der Waals surface area (Å²) in [6, 6.07) is 7.48. The summed E-state index contributed by atoms with van der Waals surface area (Å²) in [6.07, 6.45) is 1.71. The number of carbonyl (C=O) groups is 1. The van der Waals surface area contributed by atoms with E-state index in [2.05, 4.69) is 4.98 Å². The van der Waals surface area contributed by atoms with Crippen molar-refractivity contribution in [3.05, 3.63) is 36.4 Å². The van der Waals surface area contributed by atoms with Crippen LogP contribution in [0.3, 0.4) is 0 Å². The third-order valence-electron chi connectivity index (χ3n) is 2.89. The Labute approximate surface area is 123 Å². The Balaban J connectivity index is 2.05. The molecule has 0 radical (unpaired) electrons. The van der Waals surface area contributed by atoms with Crippen LogP contribution in [0, 0.1) is 0 Å². The number of ether oxygens (including phenoxy) is 1. The zero-order valence-corrected chi connectivity index (χ0v) is 12.2. The van der Waals surface area contributed by atoms with E-state index in [1.807, 2.05) is 24.3 Å². The minimum absolute atomic E-state index is 0.0473. The average Bonchev–Trinajstić information content (AvgIpc) is 2.94. The van der Waals surface area contributed by atoms with Gasteiger partial charge in [-0.1, -0.05) is 0 Å². The summed E-state index contributed by atoms with van der Waals surface area (Å²) >= 11 is 0. The molecule has 0 aliphatic heterocycles. The average molecular weight is 289 g/mol. The van der Waals surface area contributed by atoms with E-state index in [0.29, 0.717) is 24.7 Å². The van der Waals surface area contributed by atoms with Crippen molar-refractivity contribution in [1.82, 2.24) is 9.88 Å². The fourth-order valence-electron chi connectivity index (χ4n) is 1.71. The first kappa shape index (κ1) is 15.1. The number of carbonyl (C=O) groups excluding carboxylic acids is 1. The van der Waals surface area contributed by atoms with Crippen molar-refractivity contribution < 1.29 is 13.9 Å². The van der Waals surface area contributed by atoms with Crippen LogP contribution in [0.15, 0.2) is 34.9 Å². The van der Waals surface area contributed by atoms with Crippen LogP contribution in [0.25, 0.3) is 11.3 Å². The van der Waals surface area contributed by atoms with Crippen LogP contribution < -0.4 is 10.5 Å². The maximum Gasteiger partial charge on any atom is 0.231 e. The van der Waals surface area contributed by atoms with E-state index in [0.717, 1.165) is 11.3 Å². The summed E-state index contributed by atoms with van der Waals surface area (Å²) in [6.45, 7) is 0.967. The van der Waals surface area contributed by atoms with Crippen molar-refractivity contribution in [2.45, 2.75) is 6.42 Å². The molecule has 0 saturated heterocycles. The molecule has 1 amide bonds. The van der Waals surface area contributed by atoms with Gasteiger partial charge in [0, 0.05) is 26.2 Å². The number of likely N-dealkylation sites (N-methyl/N-ethyl adjacent to an activating group) is 1. The molecule has 2 rings (SSSR count). The molecular weight excluding hydrogens is 270 g/mol. The molecule has 0 saturated carbocycles. The minimum atomic E-state index is -0.0473. The molecule has 1 heterocycles. The predicted octanol–water partition coefficient (Wildman–Crippen LogP) is 1.31. The highest BCUT2D eigenvalue weighted by Crippen LogP contribution is 2.22. The van der Waals surface area contributed by atoms with Gasteiger partial charge in [-0.2, -0.15) is 0 Å². The monoisotopic (exact) mass is 289 g/mol. The van der Waals surface area contributed by atoms with E-state index in [-0.39, 0.29) is 12.3 Å². The molecule has 2 aromatic rings. The lowest BCUT2D eigenvalue weighted by Crippen LogP contribution is -2.23. The van der Waals surface area contributed by atoms with Gasteiger partial charge in [0.05, 0.1) is 0 Å². The topological polar surface area (TPSA) is 81.6 Å². The van der Waals surface area contributed by atoms with E-state index in [4.69, 9.17) is 14.9 Å². The van der Waals surface area contributed by atoms with Gasteiger partial charge >= 0.3 is 0 Å². The second kappa shape index (κ2) is 6.90. The minimum Gasteiger partial charge on any atom is -0.492 e. The van der Waals surface area contributed by atoms with Crippen LogP contribution >= 0.6 is 0 Å².